The monoisotopic (exact) mass is 146 g/mol. The number of carboxylic acid groups (broad SMARTS) is 1. The molecule has 0 rings (SSSR count). The molecular weight excluding hydrogens is 132 g/mol. The minimum atomic E-state index is -0.876. The Morgan fingerprint density at radius 1 is 1.70 bits per heavy atom. The molecule has 0 saturated carbocycles. The summed E-state index contributed by atoms with van der Waals surface area (Å²) >= 11 is 0. The van der Waals surface area contributed by atoms with Gasteiger partial charge < -0.3 is 5.11 Å². The molecule has 10 heavy (non-hydrogen) atoms. The van der Waals surface area contributed by atoms with Gasteiger partial charge in [0.25, 0.3) is 0 Å². The van der Waals surface area contributed by atoms with Crippen LogP contribution in [0.15, 0.2) is 0 Å². The third-order valence-electron chi connectivity index (χ3n) is 1.14. The lowest BCUT2D eigenvalue weighted by molar-refractivity contribution is -0.138. The van der Waals surface area contributed by atoms with E-state index in [1.54, 1.807) is 0 Å². The van der Waals surface area contributed by atoms with Crippen LogP contribution in [0.4, 0.5) is 0 Å². The summed E-state index contributed by atoms with van der Waals surface area (Å²) < 4.78 is 0. The summed E-state index contributed by atoms with van der Waals surface area (Å²) in [6.45, 7) is 2.62. The topological polar surface area (TPSA) is 66.6 Å². The van der Waals surface area contributed by atoms with Gasteiger partial charge in [0.1, 0.15) is 6.54 Å². The van der Waals surface area contributed by atoms with E-state index in [1.807, 2.05) is 6.92 Å². The summed E-state index contributed by atoms with van der Waals surface area (Å²) in [5.74, 6) is 4.44. The fourth-order valence-corrected chi connectivity index (χ4v) is 0.614. The average molecular weight is 146 g/mol. The molecule has 0 unspecified atom stereocenters. The summed E-state index contributed by atoms with van der Waals surface area (Å²) in [7, 11) is 0. The summed E-state index contributed by atoms with van der Waals surface area (Å²) in [4.78, 5) is 10.1. The van der Waals surface area contributed by atoms with E-state index in [0.29, 0.717) is 6.54 Å². The molecule has 3 N–H and O–H groups in total. The standard InChI is InChI=1S/C6H14N2O2/c1-2-3-4-8(7)5-6(9)10/h2-5,7H2,1H3,(H,9,10). The van der Waals surface area contributed by atoms with Gasteiger partial charge in [-0.25, -0.2) is 5.01 Å². The van der Waals surface area contributed by atoms with E-state index in [0.717, 1.165) is 12.8 Å². The lowest BCUT2D eigenvalue weighted by atomic mass is 10.3. The van der Waals surface area contributed by atoms with Crippen LogP contribution in [-0.4, -0.2) is 29.2 Å². The van der Waals surface area contributed by atoms with Crippen LogP contribution in [0.5, 0.6) is 0 Å². The van der Waals surface area contributed by atoms with E-state index in [1.165, 1.54) is 5.01 Å². The first-order chi connectivity index (χ1) is 4.66. The number of nitrogens with zero attached hydrogens (tertiary/aromatic N) is 1. The molecule has 0 aromatic heterocycles. The molecule has 0 aliphatic rings. The van der Waals surface area contributed by atoms with Gasteiger partial charge in [-0.3, -0.25) is 10.6 Å². The van der Waals surface area contributed by atoms with E-state index < -0.39 is 5.97 Å². The van der Waals surface area contributed by atoms with Crippen molar-refractivity contribution in [3.8, 4) is 0 Å². The number of hydrogen-bond acceptors (Lipinski definition) is 3. The average Bonchev–Trinajstić information content (AvgIpc) is 1.82. The molecule has 0 bridgehead atoms. The van der Waals surface area contributed by atoms with Crippen LogP contribution in [0.25, 0.3) is 0 Å². The van der Waals surface area contributed by atoms with E-state index in [9.17, 15) is 4.79 Å². The van der Waals surface area contributed by atoms with Crippen molar-refractivity contribution in [3.63, 3.8) is 0 Å². The Balaban J connectivity index is 3.25. The molecule has 0 aliphatic heterocycles. The van der Waals surface area contributed by atoms with Crippen LogP contribution in [-0.2, 0) is 4.79 Å². The molecular formula is C6H14N2O2. The van der Waals surface area contributed by atoms with Crippen molar-refractivity contribution in [3.05, 3.63) is 0 Å². The maximum absolute atomic E-state index is 10.1. The minimum Gasteiger partial charge on any atom is -0.480 e. The Bertz CT molecular complexity index is 106. The van der Waals surface area contributed by atoms with Crippen LogP contribution in [0.3, 0.4) is 0 Å². The predicted octanol–water partition coefficient (Wildman–Crippen LogP) is 0.0468. The van der Waals surface area contributed by atoms with Gasteiger partial charge in [-0.05, 0) is 6.42 Å². The minimum absolute atomic E-state index is 0.0694. The third kappa shape index (κ3) is 5.53. The van der Waals surface area contributed by atoms with Crippen LogP contribution in [0, 0.1) is 0 Å². The Morgan fingerprint density at radius 3 is 2.70 bits per heavy atom. The van der Waals surface area contributed by atoms with E-state index in [4.69, 9.17) is 10.9 Å². The molecule has 0 heterocycles. The molecule has 0 fully saturated rings. The first-order valence-corrected chi connectivity index (χ1v) is 3.38. The zero-order chi connectivity index (χ0) is 7.98. The molecule has 0 radical (unpaired) electrons. The fraction of sp³-hybridized carbons (Fsp3) is 0.833. The number of hydrogen-bond donors (Lipinski definition) is 2. The lowest BCUT2D eigenvalue weighted by Crippen LogP contribution is -2.36. The zero-order valence-electron chi connectivity index (χ0n) is 6.21. The number of aliphatic carboxylic acids is 1. The Kier molecular flexibility index (Phi) is 4.88. The predicted molar refractivity (Wildman–Crippen MR) is 38.3 cm³/mol. The molecule has 0 amide bonds. The summed E-state index contributed by atoms with van der Waals surface area (Å²) in [6, 6.07) is 0. The fourth-order valence-electron chi connectivity index (χ4n) is 0.614. The molecule has 0 aliphatic carbocycles. The number of rotatable bonds is 5. The van der Waals surface area contributed by atoms with Crippen LogP contribution < -0.4 is 5.84 Å². The van der Waals surface area contributed by atoms with Crippen molar-refractivity contribution >= 4 is 5.97 Å². The number of unbranched alkanes of at least 4 members (excludes halogenated alkanes) is 1. The Labute approximate surface area is 60.6 Å². The zero-order valence-corrected chi connectivity index (χ0v) is 6.21. The molecule has 0 aromatic carbocycles. The van der Waals surface area contributed by atoms with Crippen molar-refractivity contribution in [1.29, 1.82) is 0 Å². The highest BCUT2D eigenvalue weighted by Crippen LogP contribution is 1.87. The summed E-state index contributed by atoms with van der Waals surface area (Å²) in [5.41, 5.74) is 0. The number of hydrazine groups is 1. The summed E-state index contributed by atoms with van der Waals surface area (Å²) in [5, 5.41) is 9.57. The SMILES string of the molecule is CCCCN(N)CC(=O)O. The Morgan fingerprint density at radius 2 is 2.30 bits per heavy atom. The quantitative estimate of drug-likeness (QED) is 0.424. The van der Waals surface area contributed by atoms with Crippen LogP contribution in [0.1, 0.15) is 19.8 Å². The number of carbonyl (C=O) groups is 1. The van der Waals surface area contributed by atoms with Crippen molar-refractivity contribution in [2.75, 3.05) is 13.1 Å². The Hall–Kier alpha value is -0.610. The smallest absolute Gasteiger partial charge is 0.319 e. The van der Waals surface area contributed by atoms with E-state index in [-0.39, 0.29) is 6.54 Å². The van der Waals surface area contributed by atoms with Gasteiger partial charge in [0.15, 0.2) is 0 Å². The highest BCUT2D eigenvalue weighted by Gasteiger charge is 2.02. The second-order valence-electron chi connectivity index (χ2n) is 2.22. The highest BCUT2D eigenvalue weighted by molar-refractivity contribution is 5.68. The van der Waals surface area contributed by atoms with Gasteiger partial charge >= 0.3 is 5.97 Å². The van der Waals surface area contributed by atoms with Gasteiger partial charge in [0.05, 0.1) is 0 Å². The largest absolute Gasteiger partial charge is 0.480 e. The molecule has 4 nitrogen and oxygen atoms in total. The third-order valence-corrected chi connectivity index (χ3v) is 1.14. The normalized spacial score (nSPS) is 10.3. The van der Waals surface area contributed by atoms with Gasteiger partial charge in [-0.1, -0.05) is 13.3 Å². The summed E-state index contributed by atoms with van der Waals surface area (Å²) in [6.07, 6.45) is 1.98. The van der Waals surface area contributed by atoms with Crippen molar-refractivity contribution < 1.29 is 9.90 Å². The van der Waals surface area contributed by atoms with Gasteiger partial charge in [0, 0.05) is 6.54 Å². The molecule has 4 heteroatoms. The van der Waals surface area contributed by atoms with Crippen molar-refractivity contribution in [2.24, 2.45) is 5.84 Å². The van der Waals surface area contributed by atoms with E-state index in [2.05, 4.69) is 0 Å². The number of carboxylic acids is 1. The second kappa shape index (κ2) is 5.20. The van der Waals surface area contributed by atoms with Crippen LogP contribution >= 0.6 is 0 Å². The van der Waals surface area contributed by atoms with Gasteiger partial charge in [0.2, 0.25) is 0 Å². The maximum Gasteiger partial charge on any atom is 0.319 e. The highest BCUT2D eigenvalue weighted by atomic mass is 16.4. The molecule has 60 valence electrons. The van der Waals surface area contributed by atoms with E-state index >= 15 is 0 Å². The molecule has 0 saturated heterocycles. The van der Waals surface area contributed by atoms with Crippen molar-refractivity contribution in [2.45, 2.75) is 19.8 Å². The van der Waals surface area contributed by atoms with Gasteiger partial charge in [-0.15, -0.1) is 0 Å². The van der Waals surface area contributed by atoms with Crippen molar-refractivity contribution in [1.82, 2.24) is 5.01 Å². The molecule has 0 aromatic rings. The van der Waals surface area contributed by atoms with Crippen LogP contribution in [0.2, 0.25) is 0 Å². The first-order valence-electron chi connectivity index (χ1n) is 3.38. The first kappa shape index (κ1) is 9.39. The molecule has 0 spiro atoms. The second-order valence-corrected chi connectivity index (χ2v) is 2.22. The van der Waals surface area contributed by atoms with Gasteiger partial charge in [-0.2, -0.15) is 0 Å². The molecule has 0 atom stereocenters. The maximum atomic E-state index is 10.1. The lowest BCUT2D eigenvalue weighted by Gasteiger charge is -2.11. The number of nitrogens with two attached hydrogens (primary N) is 1.